The standard InChI is InChI=1S/C26H33NO5Si/c1-26(2,3)33(4,5)32-22(24-27-17-23(31-24)25(28)29)16-15-19-11-13-20(14-12-19)18-30-21-9-7-6-8-10-21/h6-14,17,22H,15-16,18H2,1-5H3,(H,28,29). The number of nitrogens with zero attached hydrogens (tertiary/aromatic N) is 1. The van der Waals surface area contributed by atoms with E-state index in [0.29, 0.717) is 18.9 Å². The number of aromatic nitrogens is 1. The van der Waals surface area contributed by atoms with Crippen molar-refractivity contribution in [3.63, 3.8) is 0 Å². The van der Waals surface area contributed by atoms with Crippen LogP contribution in [0.5, 0.6) is 5.75 Å². The van der Waals surface area contributed by atoms with E-state index in [1.54, 1.807) is 0 Å². The van der Waals surface area contributed by atoms with Gasteiger partial charge in [-0.15, -0.1) is 0 Å². The van der Waals surface area contributed by atoms with Crippen molar-refractivity contribution in [3.05, 3.63) is 83.6 Å². The second-order valence-corrected chi connectivity index (χ2v) is 14.4. The van der Waals surface area contributed by atoms with E-state index in [1.165, 1.54) is 6.20 Å². The van der Waals surface area contributed by atoms with Crippen molar-refractivity contribution in [1.82, 2.24) is 4.98 Å². The van der Waals surface area contributed by atoms with Crippen LogP contribution < -0.4 is 4.74 Å². The summed E-state index contributed by atoms with van der Waals surface area (Å²) >= 11 is 0. The molecule has 1 N–H and O–H groups in total. The van der Waals surface area contributed by atoms with Gasteiger partial charge in [-0.25, -0.2) is 9.78 Å². The number of aromatic carboxylic acids is 1. The summed E-state index contributed by atoms with van der Waals surface area (Å²) in [5.41, 5.74) is 2.25. The van der Waals surface area contributed by atoms with Gasteiger partial charge in [0.05, 0.1) is 6.20 Å². The molecule has 7 heteroatoms. The minimum atomic E-state index is -2.12. The van der Waals surface area contributed by atoms with Gasteiger partial charge >= 0.3 is 5.97 Å². The number of rotatable bonds is 10. The average molecular weight is 468 g/mol. The molecular weight excluding hydrogens is 434 g/mol. The smallest absolute Gasteiger partial charge is 0.373 e. The van der Waals surface area contributed by atoms with Crippen LogP contribution in [0.4, 0.5) is 0 Å². The quantitative estimate of drug-likeness (QED) is 0.336. The van der Waals surface area contributed by atoms with Crippen molar-refractivity contribution in [2.45, 2.75) is 64.5 Å². The minimum Gasteiger partial charge on any atom is -0.489 e. The van der Waals surface area contributed by atoms with E-state index in [-0.39, 0.29) is 10.8 Å². The van der Waals surface area contributed by atoms with Gasteiger partial charge < -0.3 is 18.7 Å². The summed E-state index contributed by atoms with van der Waals surface area (Å²) in [6.07, 6.45) is 2.25. The van der Waals surface area contributed by atoms with Crippen LogP contribution in [0.15, 0.2) is 65.2 Å². The lowest BCUT2D eigenvalue weighted by molar-refractivity contribution is 0.0650. The zero-order valence-electron chi connectivity index (χ0n) is 20.0. The third-order valence-corrected chi connectivity index (χ3v) is 10.6. The number of carbonyl (C=O) groups is 1. The number of para-hydroxylation sites is 1. The molecule has 1 atom stereocenters. The summed E-state index contributed by atoms with van der Waals surface area (Å²) in [6, 6.07) is 18.1. The second-order valence-electron chi connectivity index (χ2n) is 9.69. The predicted octanol–water partition coefficient (Wildman–Crippen LogP) is 6.65. The van der Waals surface area contributed by atoms with Gasteiger partial charge in [0.15, 0.2) is 8.32 Å². The molecule has 0 aliphatic carbocycles. The number of hydrogen-bond donors (Lipinski definition) is 1. The van der Waals surface area contributed by atoms with Gasteiger partial charge in [-0.2, -0.15) is 0 Å². The minimum absolute atomic E-state index is 0.00781. The maximum Gasteiger partial charge on any atom is 0.373 e. The molecule has 1 unspecified atom stereocenters. The summed E-state index contributed by atoms with van der Waals surface area (Å²) in [4.78, 5) is 15.5. The fraction of sp³-hybridized carbons (Fsp3) is 0.385. The summed E-state index contributed by atoms with van der Waals surface area (Å²) in [5.74, 6) is -0.131. The first-order chi connectivity index (χ1) is 15.5. The molecule has 0 radical (unpaired) electrons. The summed E-state index contributed by atoms with van der Waals surface area (Å²) in [5, 5.41) is 9.22. The lowest BCUT2D eigenvalue weighted by Crippen LogP contribution is -2.42. The molecule has 1 aromatic heterocycles. The van der Waals surface area contributed by atoms with E-state index in [4.69, 9.17) is 13.6 Å². The number of oxazole rings is 1. The second kappa shape index (κ2) is 10.4. The molecule has 3 rings (SSSR count). The molecule has 0 fully saturated rings. The van der Waals surface area contributed by atoms with Crippen LogP contribution in [0.3, 0.4) is 0 Å². The predicted molar refractivity (Wildman–Crippen MR) is 130 cm³/mol. The summed E-state index contributed by atoms with van der Waals surface area (Å²) < 4.78 is 17.9. The Balaban J connectivity index is 1.67. The number of benzene rings is 2. The first-order valence-electron chi connectivity index (χ1n) is 11.2. The van der Waals surface area contributed by atoms with Gasteiger partial charge in [0.2, 0.25) is 11.7 Å². The molecular formula is C26H33NO5Si. The van der Waals surface area contributed by atoms with Gasteiger partial charge in [-0.1, -0.05) is 63.2 Å². The monoisotopic (exact) mass is 467 g/mol. The van der Waals surface area contributed by atoms with Crippen LogP contribution >= 0.6 is 0 Å². The molecule has 6 nitrogen and oxygen atoms in total. The molecule has 0 aliphatic heterocycles. The first-order valence-corrected chi connectivity index (χ1v) is 14.1. The molecule has 0 saturated carbocycles. The van der Waals surface area contributed by atoms with Gasteiger partial charge in [-0.05, 0) is 54.2 Å². The maximum absolute atomic E-state index is 11.3. The van der Waals surface area contributed by atoms with Crippen molar-refractivity contribution < 1.29 is 23.5 Å². The van der Waals surface area contributed by atoms with Crippen LogP contribution in [-0.2, 0) is 17.5 Å². The molecule has 0 saturated heterocycles. The van der Waals surface area contributed by atoms with Crippen LogP contribution in [-0.4, -0.2) is 24.4 Å². The number of carboxylic acids is 1. The Morgan fingerprint density at radius 2 is 1.70 bits per heavy atom. The third-order valence-electron chi connectivity index (χ3n) is 6.12. The summed E-state index contributed by atoms with van der Waals surface area (Å²) in [7, 11) is -2.12. The highest BCUT2D eigenvalue weighted by molar-refractivity contribution is 6.74. The number of hydrogen-bond acceptors (Lipinski definition) is 5. The van der Waals surface area contributed by atoms with E-state index in [0.717, 1.165) is 23.3 Å². The van der Waals surface area contributed by atoms with Crippen LogP contribution in [0, 0.1) is 0 Å². The lowest BCUT2D eigenvalue weighted by atomic mass is 10.1. The zero-order valence-corrected chi connectivity index (χ0v) is 21.0. The van der Waals surface area contributed by atoms with Crippen molar-refractivity contribution >= 4 is 14.3 Å². The Labute approximate surface area is 196 Å². The molecule has 33 heavy (non-hydrogen) atoms. The van der Waals surface area contributed by atoms with Crippen molar-refractivity contribution in [3.8, 4) is 5.75 Å². The molecule has 0 amide bonds. The van der Waals surface area contributed by atoms with Crippen LogP contribution in [0.2, 0.25) is 18.1 Å². The fourth-order valence-electron chi connectivity index (χ4n) is 3.08. The Morgan fingerprint density at radius 1 is 1.06 bits per heavy atom. The maximum atomic E-state index is 11.3. The molecule has 1 heterocycles. The molecule has 0 bridgehead atoms. The SMILES string of the molecule is CC(C)(C)[Si](C)(C)OC(CCc1ccc(COc2ccccc2)cc1)c1ncc(C(=O)O)o1. The van der Waals surface area contributed by atoms with Gasteiger partial charge in [0.1, 0.15) is 18.5 Å². The number of ether oxygens (including phenoxy) is 1. The third kappa shape index (κ3) is 6.79. The zero-order chi connectivity index (χ0) is 24.1. The number of carboxylic acid groups (broad SMARTS) is 1. The van der Waals surface area contributed by atoms with E-state index < -0.39 is 20.4 Å². The van der Waals surface area contributed by atoms with Gasteiger partial charge in [0.25, 0.3) is 0 Å². The highest BCUT2D eigenvalue weighted by Crippen LogP contribution is 2.40. The highest BCUT2D eigenvalue weighted by atomic mass is 28.4. The summed E-state index contributed by atoms with van der Waals surface area (Å²) in [6.45, 7) is 11.4. The molecule has 0 spiro atoms. The van der Waals surface area contributed by atoms with E-state index >= 15 is 0 Å². The first kappa shape index (κ1) is 24.7. The Hall–Kier alpha value is -2.90. The van der Waals surface area contributed by atoms with E-state index in [9.17, 15) is 9.90 Å². The molecule has 2 aromatic carbocycles. The number of aryl methyl sites for hydroxylation is 1. The Kier molecular flexibility index (Phi) is 7.76. The van der Waals surface area contributed by atoms with Gasteiger partial charge in [0, 0.05) is 0 Å². The highest BCUT2D eigenvalue weighted by Gasteiger charge is 2.40. The molecule has 0 aliphatic rings. The molecule has 176 valence electrons. The van der Waals surface area contributed by atoms with Crippen molar-refractivity contribution in [2.75, 3.05) is 0 Å². The van der Waals surface area contributed by atoms with Crippen LogP contribution in [0.25, 0.3) is 0 Å². The lowest BCUT2D eigenvalue weighted by Gasteiger charge is -2.38. The fourth-order valence-corrected chi connectivity index (χ4v) is 4.37. The van der Waals surface area contributed by atoms with Crippen molar-refractivity contribution in [1.29, 1.82) is 0 Å². The normalized spacial score (nSPS) is 13.0. The van der Waals surface area contributed by atoms with Crippen molar-refractivity contribution in [2.24, 2.45) is 0 Å². The van der Waals surface area contributed by atoms with Gasteiger partial charge in [-0.3, -0.25) is 0 Å². The largest absolute Gasteiger partial charge is 0.489 e. The van der Waals surface area contributed by atoms with E-state index in [2.05, 4.69) is 63.1 Å². The molecule has 3 aromatic rings. The Morgan fingerprint density at radius 3 is 2.27 bits per heavy atom. The van der Waals surface area contributed by atoms with Crippen LogP contribution in [0.1, 0.15) is 60.9 Å². The topological polar surface area (TPSA) is 81.8 Å². The van der Waals surface area contributed by atoms with E-state index in [1.807, 2.05) is 30.3 Å². The Bertz CT molecular complexity index is 1040. The average Bonchev–Trinajstić information content (AvgIpc) is 3.26.